The third kappa shape index (κ3) is 1.33. The van der Waals surface area contributed by atoms with Crippen LogP contribution in [0, 0.1) is 13.7 Å². The van der Waals surface area contributed by atoms with Crippen LogP contribution in [0.5, 0.6) is 0 Å². The van der Waals surface area contributed by atoms with E-state index in [-0.39, 0.29) is 4.47 Å². The SMILES string of the molecule is [2H]c1c([2H])c(C([2H])([2H])[2H])c(Br)c(C([2H])([2H])[2H])c1[2H]. The summed E-state index contributed by atoms with van der Waals surface area (Å²) in [4.78, 5) is 0. The molecule has 0 saturated carbocycles. The monoisotopic (exact) mass is 193 g/mol. The highest BCUT2D eigenvalue weighted by molar-refractivity contribution is 9.10. The summed E-state index contributed by atoms with van der Waals surface area (Å²) in [5, 5.41) is 0. The summed E-state index contributed by atoms with van der Waals surface area (Å²) >= 11 is 2.85. The Hall–Kier alpha value is -0.300. The fourth-order valence-corrected chi connectivity index (χ4v) is 0.589. The average Bonchev–Trinajstić information content (AvgIpc) is 2.09. The van der Waals surface area contributed by atoms with Crippen LogP contribution in [0.1, 0.15) is 23.5 Å². The van der Waals surface area contributed by atoms with Crippen molar-refractivity contribution in [1.29, 1.82) is 0 Å². The van der Waals surface area contributed by atoms with Gasteiger partial charge < -0.3 is 0 Å². The van der Waals surface area contributed by atoms with Gasteiger partial charge in [-0.1, -0.05) is 34.1 Å². The van der Waals surface area contributed by atoms with Gasteiger partial charge in [-0.25, -0.2) is 0 Å². The van der Waals surface area contributed by atoms with Gasteiger partial charge in [-0.15, -0.1) is 0 Å². The maximum atomic E-state index is 7.55. The molecule has 0 fully saturated rings. The number of benzene rings is 1. The second-order valence-corrected chi connectivity index (χ2v) is 2.23. The van der Waals surface area contributed by atoms with Gasteiger partial charge in [0.2, 0.25) is 0 Å². The van der Waals surface area contributed by atoms with Crippen molar-refractivity contribution in [1.82, 2.24) is 0 Å². The van der Waals surface area contributed by atoms with Gasteiger partial charge in [0.05, 0.1) is 4.11 Å². The zero-order valence-electron chi connectivity index (χ0n) is 13.4. The fourth-order valence-electron chi connectivity index (χ4n) is 0.391. The standard InChI is InChI=1S/C8H9Br/c1-6-4-3-5-7(2)8(6)9/h3-5H,1-2H3/i1D3,2D3,3D,4D,5D. The van der Waals surface area contributed by atoms with Gasteiger partial charge in [-0.2, -0.15) is 0 Å². The molecule has 0 heterocycles. The quantitative estimate of drug-likeness (QED) is 0.595. The van der Waals surface area contributed by atoms with Crippen LogP contribution in [0.2, 0.25) is 0 Å². The van der Waals surface area contributed by atoms with E-state index in [4.69, 9.17) is 12.3 Å². The molecule has 0 aromatic heterocycles. The molecule has 0 unspecified atom stereocenters. The molecule has 1 aromatic rings. The van der Waals surface area contributed by atoms with Gasteiger partial charge in [0.15, 0.2) is 0 Å². The minimum absolute atomic E-state index is 0.312. The van der Waals surface area contributed by atoms with Crippen molar-refractivity contribution >= 4 is 15.9 Å². The third-order valence-corrected chi connectivity index (χ3v) is 1.61. The van der Waals surface area contributed by atoms with Crippen molar-refractivity contribution in [2.24, 2.45) is 0 Å². The second-order valence-electron chi connectivity index (χ2n) is 1.44. The molecule has 0 saturated heterocycles. The number of rotatable bonds is 0. The van der Waals surface area contributed by atoms with Gasteiger partial charge in [0.25, 0.3) is 0 Å². The lowest BCUT2D eigenvalue weighted by Crippen LogP contribution is -1.77. The highest BCUT2D eigenvalue weighted by atomic mass is 79.9. The molecular weight excluding hydrogens is 176 g/mol. The van der Waals surface area contributed by atoms with E-state index in [2.05, 4.69) is 15.9 Å². The molecule has 0 aliphatic carbocycles. The predicted octanol–water partition coefficient (Wildman–Crippen LogP) is 3.07. The first-order valence-corrected chi connectivity index (χ1v) is 2.98. The Morgan fingerprint density at radius 2 is 2.00 bits per heavy atom. The van der Waals surface area contributed by atoms with Crippen molar-refractivity contribution < 1.29 is 12.3 Å². The average molecular weight is 194 g/mol. The molecule has 9 heavy (non-hydrogen) atoms. The van der Waals surface area contributed by atoms with Crippen LogP contribution in [0.15, 0.2) is 22.6 Å². The van der Waals surface area contributed by atoms with Crippen molar-refractivity contribution in [2.75, 3.05) is 0 Å². The highest BCUT2D eigenvalue weighted by Gasteiger charge is 1.93. The van der Waals surface area contributed by atoms with E-state index in [1.165, 1.54) is 0 Å². The van der Waals surface area contributed by atoms with Crippen molar-refractivity contribution in [2.45, 2.75) is 13.7 Å². The van der Waals surface area contributed by atoms with Crippen LogP contribution < -0.4 is 0 Å². The Bertz CT molecular complexity index is 444. The molecule has 0 aliphatic heterocycles. The van der Waals surface area contributed by atoms with Crippen LogP contribution in [0.25, 0.3) is 0 Å². The largest absolute Gasteiger partial charge is 0.0626 e. The zero-order chi connectivity index (χ0) is 14.5. The molecule has 1 heteroatoms. The summed E-state index contributed by atoms with van der Waals surface area (Å²) in [6.45, 7) is -5.45. The first-order chi connectivity index (χ1) is 7.89. The molecule has 0 aliphatic rings. The van der Waals surface area contributed by atoms with Crippen LogP contribution in [0.3, 0.4) is 0 Å². The van der Waals surface area contributed by atoms with Crippen molar-refractivity contribution in [3.63, 3.8) is 0 Å². The van der Waals surface area contributed by atoms with E-state index in [1.54, 1.807) is 0 Å². The topological polar surface area (TPSA) is 0 Å². The molecule has 0 nitrogen and oxygen atoms in total. The van der Waals surface area contributed by atoms with Crippen LogP contribution in [0.4, 0.5) is 0 Å². The molecule has 0 spiro atoms. The molecule has 0 amide bonds. The summed E-state index contributed by atoms with van der Waals surface area (Å²) in [6, 6.07) is -2.00. The van der Waals surface area contributed by atoms with E-state index >= 15 is 0 Å². The number of halogens is 1. The van der Waals surface area contributed by atoms with E-state index in [0.29, 0.717) is 0 Å². The molecule has 0 radical (unpaired) electrons. The van der Waals surface area contributed by atoms with Gasteiger partial charge in [-0.05, 0) is 24.8 Å². The van der Waals surface area contributed by atoms with Gasteiger partial charge in [0, 0.05) is 12.7 Å². The minimum atomic E-state index is -2.72. The Balaban J connectivity index is 3.83. The van der Waals surface area contributed by atoms with Crippen LogP contribution in [-0.2, 0) is 0 Å². The summed E-state index contributed by atoms with van der Waals surface area (Å²) in [6.07, 6.45) is 0. The molecule has 1 aromatic carbocycles. The maximum absolute atomic E-state index is 7.55. The summed E-state index contributed by atoms with van der Waals surface area (Å²) in [7, 11) is 0. The normalized spacial score (nSPS) is 27.0. The van der Waals surface area contributed by atoms with Gasteiger partial charge >= 0.3 is 0 Å². The molecule has 48 valence electrons. The Labute approximate surface area is 76.7 Å². The first kappa shape index (κ1) is 1.65. The first-order valence-electron chi connectivity index (χ1n) is 6.69. The van der Waals surface area contributed by atoms with E-state index < -0.39 is 43.0 Å². The summed E-state index contributed by atoms with van der Waals surface area (Å²) in [5.74, 6) is 0. The zero-order valence-corrected chi connectivity index (χ0v) is 5.96. The van der Waals surface area contributed by atoms with E-state index in [0.717, 1.165) is 0 Å². The summed E-state index contributed by atoms with van der Waals surface area (Å²) < 4.78 is 65.9. The van der Waals surface area contributed by atoms with Crippen LogP contribution >= 0.6 is 15.9 Å². The minimum Gasteiger partial charge on any atom is -0.0617 e. The Morgan fingerprint density at radius 1 is 1.44 bits per heavy atom. The Morgan fingerprint density at radius 3 is 2.44 bits per heavy atom. The molecule has 1 rings (SSSR count). The maximum Gasteiger partial charge on any atom is 0.0626 e. The number of hydrogen-bond acceptors (Lipinski definition) is 0. The van der Waals surface area contributed by atoms with Crippen LogP contribution in [-0.4, -0.2) is 0 Å². The smallest absolute Gasteiger partial charge is 0.0617 e. The fraction of sp³-hybridized carbons (Fsp3) is 0.250. The molecule has 0 N–H and O–H groups in total. The number of hydrogen-bond donors (Lipinski definition) is 0. The van der Waals surface area contributed by atoms with E-state index in [1.807, 2.05) is 0 Å². The Kier molecular flexibility index (Phi) is 0.462. The second kappa shape index (κ2) is 2.53. The third-order valence-electron chi connectivity index (χ3n) is 0.814. The van der Waals surface area contributed by atoms with E-state index in [9.17, 15) is 0 Å². The summed E-state index contributed by atoms with van der Waals surface area (Å²) in [5.41, 5.74) is -1.09. The lowest BCUT2D eigenvalue weighted by atomic mass is 10.2. The predicted molar refractivity (Wildman–Crippen MR) is 43.6 cm³/mol. The van der Waals surface area contributed by atoms with Gasteiger partial charge in [0.1, 0.15) is 0 Å². The molecule has 0 bridgehead atoms. The lowest BCUT2D eigenvalue weighted by molar-refractivity contribution is 1.34. The lowest BCUT2D eigenvalue weighted by Gasteiger charge is -1.98. The van der Waals surface area contributed by atoms with Crippen molar-refractivity contribution in [3.05, 3.63) is 33.7 Å². The molecular formula is C8H9Br. The van der Waals surface area contributed by atoms with Crippen molar-refractivity contribution in [3.8, 4) is 0 Å². The van der Waals surface area contributed by atoms with Gasteiger partial charge in [-0.3, -0.25) is 0 Å². The highest BCUT2D eigenvalue weighted by Crippen LogP contribution is 2.19. The molecule has 0 atom stereocenters.